The van der Waals surface area contributed by atoms with Gasteiger partial charge in [0.1, 0.15) is 5.84 Å². The van der Waals surface area contributed by atoms with Crippen LogP contribution in [-0.4, -0.2) is 32.7 Å². The van der Waals surface area contributed by atoms with Gasteiger partial charge in [0.25, 0.3) is 0 Å². The van der Waals surface area contributed by atoms with Gasteiger partial charge in [-0.3, -0.25) is 0 Å². The quantitative estimate of drug-likeness (QED) is 0.185. The molecule has 3 aromatic carbocycles. The molecule has 1 heterocycles. The maximum Gasteiger partial charge on any atom is 0.135 e. The van der Waals surface area contributed by atoms with Crippen LogP contribution < -0.4 is 14.7 Å². The average molecular weight is 526 g/mol. The molecule has 0 aromatic heterocycles. The second-order valence-corrected chi connectivity index (χ2v) is 9.65. The number of amidine groups is 1. The summed E-state index contributed by atoms with van der Waals surface area (Å²) in [6.45, 7) is 5.15. The van der Waals surface area contributed by atoms with Gasteiger partial charge in [-0.1, -0.05) is 90.6 Å². The average Bonchev–Trinajstić information content (AvgIpc) is 3.25. The van der Waals surface area contributed by atoms with E-state index < -0.39 is 0 Å². The van der Waals surface area contributed by atoms with Crippen molar-refractivity contribution in [2.75, 3.05) is 34.8 Å². The van der Waals surface area contributed by atoms with Gasteiger partial charge < -0.3 is 14.7 Å². The molecule has 0 atom stereocenters. The lowest BCUT2D eigenvalue weighted by Crippen LogP contribution is -2.26. The molecule has 0 radical (unpaired) electrons. The first-order valence-electron chi connectivity index (χ1n) is 13.6. The lowest BCUT2D eigenvalue weighted by atomic mass is 10.1. The third-order valence-electron chi connectivity index (χ3n) is 7.06. The van der Waals surface area contributed by atoms with Gasteiger partial charge in [-0.05, 0) is 55.0 Å². The number of fused-ring (bicyclic) bond motifs is 1. The van der Waals surface area contributed by atoms with E-state index in [-0.39, 0.29) is 0 Å². The molecule has 0 spiro atoms. The zero-order chi connectivity index (χ0) is 27.6. The SMILES string of the molecule is C=N/N=C(/CC1=CC=C(N2C/C=C\C=C/CN(c3ccccc3)c3ccccc32)C=CC1)N(C)c1ccccc1. The molecule has 0 bridgehead atoms. The Bertz CT molecular complexity index is 1480. The van der Waals surface area contributed by atoms with Gasteiger partial charge in [-0.15, -0.1) is 5.10 Å². The summed E-state index contributed by atoms with van der Waals surface area (Å²) >= 11 is 0. The molecule has 5 nitrogen and oxygen atoms in total. The van der Waals surface area contributed by atoms with Crippen molar-refractivity contribution < 1.29 is 0 Å². The molecule has 0 amide bonds. The molecule has 1 aliphatic heterocycles. The second-order valence-electron chi connectivity index (χ2n) is 9.65. The summed E-state index contributed by atoms with van der Waals surface area (Å²) in [4.78, 5) is 6.82. The van der Waals surface area contributed by atoms with Crippen LogP contribution in [0.4, 0.5) is 22.7 Å². The summed E-state index contributed by atoms with van der Waals surface area (Å²) in [5.74, 6) is 0.857. The fourth-order valence-electron chi connectivity index (χ4n) is 4.98. The van der Waals surface area contributed by atoms with Crippen LogP contribution in [-0.2, 0) is 0 Å². The number of anilines is 4. The van der Waals surface area contributed by atoms with Gasteiger partial charge in [0.15, 0.2) is 0 Å². The molecule has 0 fully saturated rings. The van der Waals surface area contributed by atoms with E-state index in [0.29, 0.717) is 6.42 Å². The standard InChI is InChI=1S/C35H35N5/c1-36-37-35(38(2)30-17-7-5-8-18-30)28-29-16-15-21-32(25-24-29)40-27-14-4-3-13-26-39(31-19-9-6-10-20-31)33-22-11-12-23-34(33)40/h3-15,17-25H,1,16,26-28H2,2H3/b13-3-,14-4-,37-35-. The Morgan fingerprint density at radius 1 is 0.775 bits per heavy atom. The van der Waals surface area contributed by atoms with Crippen molar-refractivity contribution in [3.8, 4) is 0 Å². The predicted octanol–water partition coefficient (Wildman–Crippen LogP) is 8.07. The zero-order valence-corrected chi connectivity index (χ0v) is 23.0. The molecule has 0 saturated carbocycles. The molecular weight excluding hydrogens is 490 g/mol. The van der Waals surface area contributed by atoms with Crippen LogP contribution >= 0.6 is 0 Å². The highest BCUT2D eigenvalue weighted by molar-refractivity contribution is 5.98. The molecule has 1 aliphatic carbocycles. The molecule has 0 unspecified atom stereocenters. The van der Waals surface area contributed by atoms with Gasteiger partial charge in [0.05, 0.1) is 11.4 Å². The van der Waals surface area contributed by atoms with Crippen LogP contribution in [0, 0.1) is 0 Å². The topological polar surface area (TPSA) is 34.4 Å². The minimum absolute atomic E-state index is 0.682. The highest BCUT2D eigenvalue weighted by atomic mass is 15.3. The van der Waals surface area contributed by atoms with Crippen molar-refractivity contribution in [2.24, 2.45) is 10.2 Å². The van der Waals surface area contributed by atoms with Crippen LogP contribution in [0.5, 0.6) is 0 Å². The van der Waals surface area contributed by atoms with Gasteiger partial charge in [-0.2, -0.15) is 5.10 Å². The molecular formula is C35H35N5. The summed E-state index contributed by atoms with van der Waals surface area (Å²) in [6, 6.07) is 29.5. The highest BCUT2D eigenvalue weighted by Crippen LogP contribution is 2.37. The van der Waals surface area contributed by atoms with Crippen LogP contribution in [0.15, 0.2) is 155 Å². The number of nitrogens with zero attached hydrogens (tertiary/aromatic N) is 5. The van der Waals surface area contributed by atoms with Crippen molar-refractivity contribution in [2.45, 2.75) is 12.8 Å². The molecule has 200 valence electrons. The lowest BCUT2D eigenvalue weighted by molar-refractivity contribution is 1.01. The fourth-order valence-corrected chi connectivity index (χ4v) is 4.98. The third kappa shape index (κ3) is 6.38. The number of hydrogen-bond acceptors (Lipinski definition) is 4. The highest BCUT2D eigenvalue weighted by Gasteiger charge is 2.19. The van der Waals surface area contributed by atoms with E-state index in [9.17, 15) is 0 Å². The lowest BCUT2D eigenvalue weighted by Gasteiger charge is -2.32. The van der Waals surface area contributed by atoms with E-state index in [1.54, 1.807) is 0 Å². The molecule has 40 heavy (non-hydrogen) atoms. The molecule has 0 saturated heterocycles. The van der Waals surface area contributed by atoms with E-state index in [2.05, 4.69) is 147 Å². The Balaban J connectivity index is 1.48. The minimum Gasteiger partial charge on any atom is -0.336 e. The van der Waals surface area contributed by atoms with Crippen molar-refractivity contribution in [1.82, 2.24) is 0 Å². The van der Waals surface area contributed by atoms with Crippen molar-refractivity contribution in [3.63, 3.8) is 0 Å². The molecule has 2 aliphatic rings. The summed E-state index contributed by atoms with van der Waals surface area (Å²) in [5, 5.41) is 8.24. The number of allylic oxidation sites excluding steroid dienone is 6. The van der Waals surface area contributed by atoms with E-state index in [1.165, 1.54) is 22.6 Å². The predicted molar refractivity (Wildman–Crippen MR) is 172 cm³/mol. The first kappa shape index (κ1) is 26.7. The van der Waals surface area contributed by atoms with E-state index in [1.807, 2.05) is 25.2 Å². The number of benzene rings is 3. The number of para-hydroxylation sites is 4. The Kier molecular flexibility index (Phi) is 8.84. The van der Waals surface area contributed by atoms with Crippen LogP contribution in [0.3, 0.4) is 0 Å². The Morgan fingerprint density at radius 3 is 2.10 bits per heavy atom. The third-order valence-corrected chi connectivity index (χ3v) is 7.06. The van der Waals surface area contributed by atoms with Crippen molar-refractivity contribution in [1.29, 1.82) is 0 Å². The zero-order valence-electron chi connectivity index (χ0n) is 23.0. The molecule has 5 rings (SSSR count). The van der Waals surface area contributed by atoms with Crippen LogP contribution in [0.25, 0.3) is 0 Å². The second kappa shape index (κ2) is 13.3. The van der Waals surface area contributed by atoms with Crippen LogP contribution in [0.2, 0.25) is 0 Å². The molecule has 0 N–H and O–H groups in total. The van der Waals surface area contributed by atoms with Crippen molar-refractivity contribution in [3.05, 3.63) is 145 Å². The Labute approximate surface area is 237 Å². The maximum absolute atomic E-state index is 4.38. The largest absolute Gasteiger partial charge is 0.336 e. The van der Waals surface area contributed by atoms with Gasteiger partial charge >= 0.3 is 0 Å². The van der Waals surface area contributed by atoms with Gasteiger partial charge in [0, 0.05) is 50.3 Å². The summed E-state index contributed by atoms with van der Waals surface area (Å²) < 4.78 is 0. The smallest absolute Gasteiger partial charge is 0.135 e. The van der Waals surface area contributed by atoms with E-state index in [4.69, 9.17) is 0 Å². The van der Waals surface area contributed by atoms with E-state index in [0.717, 1.165) is 36.7 Å². The first-order valence-corrected chi connectivity index (χ1v) is 13.6. The first-order chi connectivity index (χ1) is 19.7. The monoisotopic (exact) mass is 525 g/mol. The van der Waals surface area contributed by atoms with Crippen LogP contribution in [0.1, 0.15) is 12.8 Å². The molecule has 5 heteroatoms. The Hall–Kier alpha value is -4.90. The van der Waals surface area contributed by atoms with Crippen molar-refractivity contribution >= 4 is 35.3 Å². The minimum atomic E-state index is 0.682. The summed E-state index contributed by atoms with van der Waals surface area (Å²) in [6.07, 6.45) is 19.1. The molecule has 3 aromatic rings. The normalized spacial score (nSPS) is 17.2. The van der Waals surface area contributed by atoms with Gasteiger partial charge in [0.2, 0.25) is 0 Å². The fraction of sp³-hybridized carbons (Fsp3) is 0.143. The Morgan fingerprint density at radius 2 is 1.40 bits per heavy atom. The van der Waals surface area contributed by atoms with E-state index >= 15 is 0 Å². The summed E-state index contributed by atoms with van der Waals surface area (Å²) in [5.41, 5.74) is 6.98. The number of hydrogen-bond donors (Lipinski definition) is 0. The van der Waals surface area contributed by atoms with Gasteiger partial charge in [-0.25, -0.2) is 0 Å². The number of rotatable bonds is 6. The summed E-state index contributed by atoms with van der Waals surface area (Å²) in [7, 11) is 2.02. The maximum atomic E-state index is 4.38.